The lowest BCUT2D eigenvalue weighted by atomic mass is 10.0. The number of carbonyl (C=O) groups excluding carboxylic acids is 1. The average Bonchev–Trinajstić information content (AvgIpc) is 2.62. The van der Waals surface area contributed by atoms with E-state index < -0.39 is 12.0 Å². The van der Waals surface area contributed by atoms with Gasteiger partial charge in [-0.2, -0.15) is 0 Å². The first-order chi connectivity index (χ1) is 7.43. The first-order valence-corrected chi connectivity index (χ1v) is 5.71. The molecule has 0 radical (unpaired) electrons. The minimum Gasteiger partial charge on any atom is -0.481 e. The van der Waals surface area contributed by atoms with E-state index in [1.54, 1.807) is 4.90 Å². The molecule has 1 rings (SSSR count). The Morgan fingerprint density at radius 2 is 2.12 bits per heavy atom. The van der Waals surface area contributed by atoms with Crippen molar-refractivity contribution in [2.45, 2.75) is 45.2 Å². The van der Waals surface area contributed by atoms with Gasteiger partial charge < -0.3 is 15.7 Å². The summed E-state index contributed by atoms with van der Waals surface area (Å²) >= 11 is 0. The molecule has 2 atom stereocenters. The molecule has 1 heterocycles. The van der Waals surface area contributed by atoms with Gasteiger partial charge in [0.1, 0.15) is 0 Å². The predicted octanol–water partition coefficient (Wildman–Crippen LogP) is 0.435. The molecular weight excluding hydrogens is 208 g/mol. The molecule has 0 spiro atoms. The monoisotopic (exact) mass is 228 g/mol. The number of likely N-dealkylation sites (tertiary alicyclic amines) is 1. The number of amides is 1. The molecule has 1 aliphatic heterocycles. The number of hydrogen-bond acceptors (Lipinski definition) is 3. The van der Waals surface area contributed by atoms with Gasteiger partial charge >= 0.3 is 5.97 Å². The van der Waals surface area contributed by atoms with E-state index in [0.29, 0.717) is 6.54 Å². The maximum absolute atomic E-state index is 12.0. The van der Waals surface area contributed by atoms with Crippen LogP contribution in [0.2, 0.25) is 0 Å². The van der Waals surface area contributed by atoms with Crippen LogP contribution < -0.4 is 5.73 Å². The van der Waals surface area contributed by atoms with Crippen LogP contribution in [-0.4, -0.2) is 40.5 Å². The second-order valence-electron chi connectivity index (χ2n) is 4.70. The number of aliphatic carboxylic acids is 1. The lowest BCUT2D eigenvalue weighted by molar-refractivity contribution is -0.140. The quantitative estimate of drug-likeness (QED) is 0.731. The highest BCUT2D eigenvalue weighted by Gasteiger charge is 2.33. The second-order valence-corrected chi connectivity index (χ2v) is 4.70. The molecule has 92 valence electrons. The van der Waals surface area contributed by atoms with Crippen LogP contribution in [0.4, 0.5) is 0 Å². The van der Waals surface area contributed by atoms with Crippen LogP contribution >= 0.6 is 0 Å². The molecule has 5 nitrogen and oxygen atoms in total. The van der Waals surface area contributed by atoms with Crippen molar-refractivity contribution in [1.82, 2.24) is 4.90 Å². The Morgan fingerprint density at radius 3 is 2.62 bits per heavy atom. The standard InChI is InChI=1S/C11H20N2O3/c1-7(2)10(12)11(16)13-5-3-4-8(13)6-9(14)15/h7-8,10H,3-6,12H2,1-2H3,(H,14,15)/t8?,10-/m1/s1. The lowest BCUT2D eigenvalue weighted by Gasteiger charge is -2.27. The molecule has 1 unspecified atom stereocenters. The number of hydrogen-bond donors (Lipinski definition) is 2. The number of nitrogens with zero attached hydrogens (tertiary/aromatic N) is 1. The van der Waals surface area contributed by atoms with E-state index in [-0.39, 0.29) is 24.3 Å². The molecule has 1 aliphatic rings. The van der Waals surface area contributed by atoms with Gasteiger partial charge in [-0.05, 0) is 18.8 Å². The fourth-order valence-corrected chi connectivity index (χ4v) is 2.02. The van der Waals surface area contributed by atoms with E-state index in [1.165, 1.54) is 0 Å². The van der Waals surface area contributed by atoms with Gasteiger partial charge in [0.25, 0.3) is 0 Å². The largest absolute Gasteiger partial charge is 0.481 e. The van der Waals surface area contributed by atoms with Gasteiger partial charge in [0.05, 0.1) is 12.5 Å². The van der Waals surface area contributed by atoms with Crippen molar-refractivity contribution in [2.24, 2.45) is 11.7 Å². The number of rotatable bonds is 4. The number of nitrogens with two attached hydrogens (primary N) is 1. The van der Waals surface area contributed by atoms with E-state index in [9.17, 15) is 9.59 Å². The Hall–Kier alpha value is -1.10. The molecular formula is C11H20N2O3. The van der Waals surface area contributed by atoms with Crippen molar-refractivity contribution in [2.75, 3.05) is 6.54 Å². The van der Waals surface area contributed by atoms with Gasteiger partial charge in [0, 0.05) is 12.6 Å². The van der Waals surface area contributed by atoms with Crippen LogP contribution in [0.25, 0.3) is 0 Å². The highest BCUT2D eigenvalue weighted by Crippen LogP contribution is 2.21. The predicted molar refractivity (Wildman–Crippen MR) is 59.8 cm³/mol. The summed E-state index contributed by atoms with van der Waals surface area (Å²) < 4.78 is 0. The van der Waals surface area contributed by atoms with Crippen LogP contribution in [0.15, 0.2) is 0 Å². The Labute approximate surface area is 95.6 Å². The van der Waals surface area contributed by atoms with Gasteiger partial charge in [-0.15, -0.1) is 0 Å². The van der Waals surface area contributed by atoms with Gasteiger partial charge in [0.15, 0.2) is 0 Å². The van der Waals surface area contributed by atoms with Crippen molar-refractivity contribution in [3.8, 4) is 0 Å². The Bertz CT molecular complexity index is 278. The lowest BCUT2D eigenvalue weighted by Crippen LogP contribution is -2.48. The SMILES string of the molecule is CC(C)[C@@H](N)C(=O)N1CCCC1CC(=O)O. The highest BCUT2D eigenvalue weighted by molar-refractivity contribution is 5.83. The van der Waals surface area contributed by atoms with Crippen LogP contribution in [-0.2, 0) is 9.59 Å². The molecule has 1 amide bonds. The summed E-state index contributed by atoms with van der Waals surface area (Å²) in [4.78, 5) is 24.3. The summed E-state index contributed by atoms with van der Waals surface area (Å²) in [6.07, 6.45) is 1.66. The molecule has 0 aromatic heterocycles. The molecule has 0 aliphatic carbocycles. The Balaban J connectivity index is 2.64. The fraction of sp³-hybridized carbons (Fsp3) is 0.818. The van der Waals surface area contributed by atoms with Crippen LogP contribution in [0.1, 0.15) is 33.1 Å². The van der Waals surface area contributed by atoms with Gasteiger partial charge in [-0.25, -0.2) is 0 Å². The van der Waals surface area contributed by atoms with Crippen LogP contribution in [0.5, 0.6) is 0 Å². The first-order valence-electron chi connectivity index (χ1n) is 5.71. The number of carboxylic acids is 1. The molecule has 0 aromatic carbocycles. The third kappa shape index (κ3) is 2.95. The summed E-state index contributed by atoms with van der Waals surface area (Å²) in [6, 6.07) is -0.691. The molecule has 1 fully saturated rings. The third-order valence-electron chi connectivity index (χ3n) is 3.07. The summed E-state index contributed by atoms with van der Waals surface area (Å²) in [5.41, 5.74) is 5.79. The molecule has 16 heavy (non-hydrogen) atoms. The molecule has 0 bridgehead atoms. The van der Waals surface area contributed by atoms with Crippen molar-refractivity contribution in [3.63, 3.8) is 0 Å². The molecule has 0 aromatic rings. The summed E-state index contributed by atoms with van der Waals surface area (Å²) in [6.45, 7) is 4.42. The van der Waals surface area contributed by atoms with Crippen molar-refractivity contribution < 1.29 is 14.7 Å². The zero-order chi connectivity index (χ0) is 12.3. The smallest absolute Gasteiger partial charge is 0.305 e. The van der Waals surface area contributed by atoms with E-state index in [1.807, 2.05) is 13.8 Å². The highest BCUT2D eigenvalue weighted by atomic mass is 16.4. The summed E-state index contributed by atoms with van der Waals surface area (Å²) in [5.74, 6) is -0.889. The van der Waals surface area contributed by atoms with Crippen LogP contribution in [0.3, 0.4) is 0 Å². The maximum atomic E-state index is 12.0. The van der Waals surface area contributed by atoms with Crippen molar-refractivity contribution in [3.05, 3.63) is 0 Å². The van der Waals surface area contributed by atoms with E-state index in [4.69, 9.17) is 10.8 Å². The number of carboxylic acid groups (broad SMARTS) is 1. The summed E-state index contributed by atoms with van der Waals surface area (Å²) in [5, 5.41) is 8.75. The van der Waals surface area contributed by atoms with Crippen molar-refractivity contribution in [1.29, 1.82) is 0 Å². The first kappa shape index (κ1) is 13.0. The van der Waals surface area contributed by atoms with E-state index in [2.05, 4.69) is 0 Å². The van der Waals surface area contributed by atoms with Crippen LogP contribution in [0, 0.1) is 5.92 Å². The van der Waals surface area contributed by atoms with E-state index >= 15 is 0 Å². The molecule has 3 N–H and O–H groups in total. The topological polar surface area (TPSA) is 83.6 Å². The van der Waals surface area contributed by atoms with E-state index in [0.717, 1.165) is 12.8 Å². The Kier molecular flexibility index (Phi) is 4.29. The minimum atomic E-state index is -0.859. The zero-order valence-electron chi connectivity index (χ0n) is 9.85. The normalized spacial score (nSPS) is 22.5. The average molecular weight is 228 g/mol. The fourth-order valence-electron chi connectivity index (χ4n) is 2.02. The molecule has 0 saturated carbocycles. The number of carbonyl (C=O) groups is 2. The van der Waals surface area contributed by atoms with Gasteiger partial charge in [-0.1, -0.05) is 13.8 Å². The summed E-state index contributed by atoms with van der Waals surface area (Å²) in [7, 11) is 0. The van der Waals surface area contributed by atoms with Crippen molar-refractivity contribution >= 4 is 11.9 Å². The molecule has 5 heteroatoms. The second kappa shape index (κ2) is 5.30. The third-order valence-corrected chi connectivity index (χ3v) is 3.07. The Morgan fingerprint density at radius 1 is 1.50 bits per heavy atom. The molecule has 1 saturated heterocycles. The zero-order valence-corrected chi connectivity index (χ0v) is 9.85. The van der Waals surface area contributed by atoms with Gasteiger partial charge in [-0.3, -0.25) is 9.59 Å². The maximum Gasteiger partial charge on any atom is 0.305 e. The van der Waals surface area contributed by atoms with Gasteiger partial charge in [0.2, 0.25) is 5.91 Å². The minimum absolute atomic E-state index is 0.0244.